The summed E-state index contributed by atoms with van der Waals surface area (Å²) in [5.41, 5.74) is 5.19. The zero-order chi connectivity index (χ0) is 21.9. The van der Waals surface area contributed by atoms with Gasteiger partial charge in [0, 0.05) is 18.8 Å². The molecule has 3 heterocycles. The fraction of sp³-hybridized carbons (Fsp3) is 0.591. The van der Waals surface area contributed by atoms with Crippen molar-refractivity contribution in [2.75, 3.05) is 29.9 Å². The number of ether oxygens (including phenoxy) is 2. The molecule has 9 heteroatoms. The SMILES string of the molecule is CC1C(=O)NN=C2COc3cc(C4CC4)c(NC4CN(C(=O)OC(C)(C)C)C4)cc3N21. The first-order valence-electron chi connectivity index (χ1n) is 10.9. The molecular formula is C22H29N5O4. The lowest BCUT2D eigenvalue weighted by molar-refractivity contribution is -0.122. The Morgan fingerprint density at radius 3 is 2.71 bits per heavy atom. The van der Waals surface area contributed by atoms with E-state index in [2.05, 4.69) is 28.0 Å². The van der Waals surface area contributed by atoms with E-state index in [1.165, 1.54) is 5.56 Å². The molecule has 1 atom stereocenters. The van der Waals surface area contributed by atoms with Gasteiger partial charge < -0.3 is 24.6 Å². The molecule has 3 aliphatic heterocycles. The van der Waals surface area contributed by atoms with Gasteiger partial charge >= 0.3 is 6.09 Å². The first-order valence-corrected chi connectivity index (χ1v) is 10.9. The number of anilines is 2. The van der Waals surface area contributed by atoms with Crippen LogP contribution in [0.3, 0.4) is 0 Å². The summed E-state index contributed by atoms with van der Waals surface area (Å²) in [6.45, 7) is 9.02. The number of fused-ring (bicyclic) bond motifs is 3. The molecule has 0 radical (unpaired) electrons. The van der Waals surface area contributed by atoms with E-state index < -0.39 is 5.60 Å². The standard InChI is InChI=1S/C22H29N5O4/c1-12-20(28)25-24-19-11-30-18-7-15(13-5-6-13)16(8-17(18)27(12)19)23-14-9-26(10-14)21(29)31-22(2,3)4/h7-8,12-14,23H,5-6,9-11H2,1-4H3,(H,25,28). The number of nitrogens with zero attached hydrogens (tertiary/aromatic N) is 3. The van der Waals surface area contributed by atoms with Gasteiger partial charge in [0.05, 0.1) is 11.7 Å². The Morgan fingerprint density at radius 1 is 1.29 bits per heavy atom. The maximum atomic E-state index is 12.2. The van der Waals surface area contributed by atoms with Crippen molar-refractivity contribution in [2.24, 2.45) is 5.10 Å². The van der Waals surface area contributed by atoms with Crippen LogP contribution >= 0.6 is 0 Å². The van der Waals surface area contributed by atoms with Crippen LogP contribution in [0, 0.1) is 0 Å². The molecule has 0 aromatic heterocycles. The number of hydrogen-bond donors (Lipinski definition) is 2. The molecule has 1 unspecified atom stereocenters. The Bertz CT molecular complexity index is 959. The minimum atomic E-state index is -0.496. The molecule has 166 valence electrons. The van der Waals surface area contributed by atoms with Crippen molar-refractivity contribution in [2.45, 2.75) is 64.1 Å². The van der Waals surface area contributed by atoms with Gasteiger partial charge in [-0.3, -0.25) is 4.79 Å². The van der Waals surface area contributed by atoms with Crippen LogP contribution < -0.4 is 20.4 Å². The van der Waals surface area contributed by atoms with Crippen LogP contribution in [0.15, 0.2) is 17.2 Å². The topological polar surface area (TPSA) is 95.5 Å². The maximum absolute atomic E-state index is 12.2. The summed E-state index contributed by atoms with van der Waals surface area (Å²) in [4.78, 5) is 28.1. The Hall–Kier alpha value is -2.97. The van der Waals surface area contributed by atoms with Gasteiger partial charge in [0.15, 0.2) is 5.84 Å². The molecule has 4 aliphatic rings. The van der Waals surface area contributed by atoms with E-state index in [9.17, 15) is 9.59 Å². The van der Waals surface area contributed by atoms with Crippen molar-refractivity contribution in [1.29, 1.82) is 0 Å². The predicted molar refractivity (Wildman–Crippen MR) is 117 cm³/mol. The monoisotopic (exact) mass is 427 g/mol. The molecule has 1 aliphatic carbocycles. The first-order chi connectivity index (χ1) is 14.7. The van der Waals surface area contributed by atoms with Crippen LogP contribution in [0.25, 0.3) is 0 Å². The molecule has 31 heavy (non-hydrogen) atoms. The molecule has 9 nitrogen and oxygen atoms in total. The second-order valence-corrected chi connectivity index (χ2v) is 9.75. The quantitative estimate of drug-likeness (QED) is 0.770. The highest BCUT2D eigenvalue weighted by Crippen LogP contribution is 2.48. The van der Waals surface area contributed by atoms with E-state index in [1.54, 1.807) is 4.90 Å². The summed E-state index contributed by atoms with van der Waals surface area (Å²) in [6, 6.07) is 3.97. The van der Waals surface area contributed by atoms with Crippen molar-refractivity contribution in [3.8, 4) is 5.75 Å². The number of carbonyl (C=O) groups is 2. The number of nitrogens with one attached hydrogen (secondary N) is 2. The van der Waals surface area contributed by atoms with Gasteiger partial charge in [-0.25, -0.2) is 10.2 Å². The normalized spacial score (nSPS) is 23.0. The molecule has 2 amide bonds. The van der Waals surface area contributed by atoms with Crippen molar-refractivity contribution in [3.63, 3.8) is 0 Å². The highest BCUT2D eigenvalue weighted by molar-refractivity contribution is 6.09. The van der Waals surface area contributed by atoms with Crippen LogP contribution in [0.5, 0.6) is 5.75 Å². The number of hydrazone groups is 1. The van der Waals surface area contributed by atoms with E-state index >= 15 is 0 Å². The molecule has 1 saturated heterocycles. The lowest BCUT2D eigenvalue weighted by Crippen LogP contribution is -2.58. The summed E-state index contributed by atoms with van der Waals surface area (Å²) in [6.07, 6.45) is 2.05. The smallest absolute Gasteiger partial charge is 0.410 e. The number of benzene rings is 1. The van der Waals surface area contributed by atoms with Crippen LogP contribution in [0.2, 0.25) is 0 Å². The van der Waals surface area contributed by atoms with E-state index in [-0.39, 0.29) is 24.1 Å². The Morgan fingerprint density at radius 2 is 2.03 bits per heavy atom. The van der Waals surface area contributed by atoms with Crippen molar-refractivity contribution < 1.29 is 19.1 Å². The molecule has 5 rings (SSSR count). The first kappa shape index (κ1) is 20.0. The van der Waals surface area contributed by atoms with Crippen LogP contribution in [0.1, 0.15) is 52.0 Å². The number of likely N-dealkylation sites (tertiary alicyclic amines) is 1. The van der Waals surface area contributed by atoms with Gasteiger partial charge in [-0.15, -0.1) is 0 Å². The highest BCUT2D eigenvalue weighted by Gasteiger charge is 2.39. The Balaban J connectivity index is 1.36. The number of amidine groups is 1. The zero-order valence-electron chi connectivity index (χ0n) is 18.4. The van der Waals surface area contributed by atoms with Crippen molar-refractivity contribution >= 4 is 29.2 Å². The summed E-state index contributed by atoms with van der Waals surface area (Å²) >= 11 is 0. The number of carbonyl (C=O) groups excluding carboxylic acids is 2. The fourth-order valence-corrected chi connectivity index (χ4v) is 4.21. The molecule has 0 spiro atoms. The van der Waals surface area contributed by atoms with Gasteiger partial charge in [0.25, 0.3) is 5.91 Å². The molecule has 0 bridgehead atoms. The third kappa shape index (κ3) is 3.77. The van der Waals surface area contributed by atoms with Gasteiger partial charge in [0.1, 0.15) is 24.0 Å². The molecule has 2 fully saturated rings. The minimum Gasteiger partial charge on any atom is -0.483 e. The minimum absolute atomic E-state index is 0.135. The zero-order valence-corrected chi connectivity index (χ0v) is 18.4. The van der Waals surface area contributed by atoms with E-state index in [4.69, 9.17) is 9.47 Å². The van der Waals surface area contributed by atoms with Crippen molar-refractivity contribution in [1.82, 2.24) is 10.3 Å². The van der Waals surface area contributed by atoms with Crippen LogP contribution in [-0.2, 0) is 9.53 Å². The van der Waals surface area contributed by atoms with Crippen LogP contribution in [0.4, 0.5) is 16.2 Å². The second-order valence-electron chi connectivity index (χ2n) is 9.75. The van der Waals surface area contributed by atoms with E-state index in [0.29, 0.717) is 31.4 Å². The Kier molecular flexibility index (Phi) is 4.53. The lowest BCUT2D eigenvalue weighted by Gasteiger charge is -2.41. The summed E-state index contributed by atoms with van der Waals surface area (Å²) in [7, 11) is 0. The molecule has 2 N–H and O–H groups in total. The predicted octanol–water partition coefficient (Wildman–Crippen LogP) is 2.63. The van der Waals surface area contributed by atoms with E-state index in [0.717, 1.165) is 30.0 Å². The lowest BCUT2D eigenvalue weighted by atomic mass is 10.0. The average Bonchev–Trinajstić information content (AvgIpc) is 3.49. The summed E-state index contributed by atoms with van der Waals surface area (Å²) in [5, 5.41) is 7.78. The summed E-state index contributed by atoms with van der Waals surface area (Å²) < 4.78 is 11.4. The van der Waals surface area contributed by atoms with Gasteiger partial charge in [0.2, 0.25) is 0 Å². The molecule has 1 saturated carbocycles. The van der Waals surface area contributed by atoms with E-state index in [1.807, 2.05) is 32.6 Å². The average molecular weight is 428 g/mol. The molecule has 1 aromatic rings. The third-order valence-corrected chi connectivity index (χ3v) is 6.00. The summed E-state index contributed by atoms with van der Waals surface area (Å²) in [5.74, 6) is 1.88. The third-order valence-electron chi connectivity index (χ3n) is 6.00. The number of amides is 2. The van der Waals surface area contributed by atoms with Gasteiger partial charge in [-0.1, -0.05) is 0 Å². The number of rotatable bonds is 3. The van der Waals surface area contributed by atoms with Gasteiger partial charge in [-0.2, -0.15) is 5.10 Å². The largest absolute Gasteiger partial charge is 0.483 e. The molecular weight excluding hydrogens is 398 g/mol. The van der Waals surface area contributed by atoms with Crippen LogP contribution in [-0.4, -0.2) is 60.1 Å². The fourth-order valence-electron chi connectivity index (χ4n) is 4.21. The van der Waals surface area contributed by atoms with Crippen molar-refractivity contribution in [3.05, 3.63) is 17.7 Å². The highest BCUT2D eigenvalue weighted by atomic mass is 16.6. The van der Waals surface area contributed by atoms with Gasteiger partial charge in [-0.05, 0) is 64.2 Å². The Labute approximate surface area is 181 Å². The second kappa shape index (κ2) is 7.03. The number of hydrogen-bond acceptors (Lipinski definition) is 7. The maximum Gasteiger partial charge on any atom is 0.410 e. The molecule has 1 aromatic carbocycles.